The number of nitrogens with zero attached hydrogens (tertiary/aromatic N) is 1. The van der Waals surface area contributed by atoms with Crippen LogP contribution in [0.5, 0.6) is 0 Å². The van der Waals surface area contributed by atoms with E-state index in [2.05, 4.69) is 5.32 Å². The van der Waals surface area contributed by atoms with Crippen LogP contribution in [-0.4, -0.2) is 18.9 Å². The molecule has 0 atom stereocenters. The lowest BCUT2D eigenvalue weighted by molar-refractivity contribution is -0.116. The molecule has 1 N–H and O–H groups in total. The number of rotatable bonds is 3. The van der Waals surface area contributed by atoms with Crippen LogP contribution in [0.2, 0.25) is 0 Å². The van der Waals surface area contributed by atoms with Gasteiger partial charge in [-0.25, -0.2) is 4.39 Å². The van der Waals surface area contributed by atoms with Crippen molar-refractivity contribution in [1.82, 2.24) is 0 Å². The first-order chi connectivity index (χ1) is 9.97. The smallest absolute Gasteiger partial charge is 0.255 e. The van der Waals surface area contributed by atoms with Crippen molar-refractivity contribution >= 4 is 23.2 Å². The fourth-order valence-electron chi connectivity index (χ4n) is 1.78. The van der Waals surface area contributed by atoms with E-state index in [0.717, 1.165) is 0 Å². The van der Waals surface area contributed by atoms with Gasteiger partial charge in [0.05, 0.1) is 0 Å². The van der Waals surface area contributed by atoms with Gasteiger partial charge in [0.25, 0.3) is 5.91 Å². The second-order valence-electron chi connectivity index (χ2n) is 4.59. The zero-order chi connectivity index (χ0) is 15.4. The lowest BCUT2D eigenvalue weighted by Gasteiger charge is -2.16. The largest absolute Gasteiger partial charge is 0.322 e. The van der Waals surface area contributed by atoms with Crippen LogP contribution >= 0.6 is 0 Å². The number of amides is 2. The third-order valence-corrected chi connectivity index (χ3v) is 3.07. The summed E-state index contributed by atoms with van der Waals surface area (Å²) in [6, 6.07) is 12.2. The zero-order valence-corrected chi connectivity index (χ0v) is 11.8. The predicted octanol–water partition coefficient (Wildman–Crippen LogP) is 3.06. The molecule has 0 aliphatic rings. The molecule has 0 aliphatic heterocycles. The number of carbonyl (C=O) groups is 2. The van der Waals surface area contributed by atoms with Crippen molar-refractivity contribution in [2.75, 3.05) is 17.3 Å². The van der Waals surface area contributed by atoms with E-state index in [1.807, 2.05) is 0 Å². The zero-order valence-electron chi connectivity index (χ0n) is 11.8. The summed E-state index contributed by atoms with van der Waals surface area (Å²) in [5, 5.41) is 2.71. The van der Waals surface area contributed by atoms with Crippen molar-refractivity contribution in [2.45, 2.75) is 6.92 Å². The van der Waals surface area contributed by atoms with E-state index < -0.39 is 5.82 Å². The van der Waals surface area contributed by atoms with Gasteiger partial charge < -0.3 is 10.2 Å². The van der Waals surface area contributed by atoms with Crippen molar-refractivity contribution < 1.29 is 14.0 Å². The topological polar surface area (TPSA) is 49.4 Å². The Morgan fingerprint density at radius 3 is 2.38 bits per heavy atom. The molecule has 0 heterocycles. The van der Waals surface area contributed by atoms with E-state index >= 15 is 0 Å². The van der Waals surface area contributed by atoms with Crippen LogP contribution in [0.25, 0.3) is 0 Å². The van der Waals surface area contributed by atoms with E-state index in [-0.39, 0.29) is 11.8 Å². The maximum atomic E-state index is 12.8. The average molecular weight is 286 g/mol. The first-order valence-corrected chi connectivity index (χ1v) is 6.38. The summed E-state index contributed by atoms with van der Waals surface area (Å²) >= 11 is 0. The molecule has 21 heavy (non-hydrogen) atoms. The van der Waals surface area contributed by atoms with Gasteiger partial charge in [-0.2, -0.15) is 0 Å². The molecule has 0 radical (unpaired) electrons. The second-order valence-corrected chi connectivity index (χ2v) is 4.59. The van der Waals surface area contributed by atoms with E-state index in [9.17, 15) is 14.0 Å². The fourth-order valence-corrected chi connectivity index (χ4v) is 1.78. The minimum Gasteiger partial charge on any atom is -0.322 e. The lowest BCUT2D eigenvalue weighted by atomic mass is 10.2. The molecule has 2 amide bonds. The molecule has 2 aromatic rings. The summed E-state index contributed by atoms with van der Waals surface area (Å²) in [4.78, 5) is 24.8. The Morgan fingerprint density at radius 1 is 1.10 bits per heavy atom. The number of nitrogens with one attached hydrogen (secondary N) is 1. The van der Waals surface area contributed by atoms with Gasteiger partial charge in [0.1, 0.15) is 5.82 Å². The monoisotopic (exact) mass is 286 g/mol. The minimum atomic E-state index is -0.392. The van der Waals surface area contributed by atoms with Gasteiger partial charge >= 0.3 is 0 Å². The minimum absolute atomic E-state index is 0.1000. The van der Waals surface area contributed by atoms with Crippen LogP contribution in [0.3, 0.4) is 0 Å². The Labute approximate surface area is 122 Å². The number of halogens is 1. The summed E-state index contributed by atoms with van der Waals surface area (Å²) in [7, 11) is 1.66. The number of carbonyl (C=O) groups excluding carboxylic acids is 2. The quantitative estimate of drug-likeness (QED) is 0.942. The van der Waals surface area contributed by atoms with Gasteiger partial charge in [0.2, 0.25) is 5.91 Å². The maximum absolute atomic E-state index is 12.8. The Morgan fingerprint density at radius 2 is 1.76 bits per heavy atom. The van der Waals surface area contributed by atoms with Crippen LogP contribution in [0, 0.1) is 5.82 Å². The Kier molecular flexibility index (Phi) is 4.33. The van der Waals surface area contributed by atoms with Crippen LogP contribution < -0.4 is 10.2 Å². The molecular weight excluding hydrogens is 271 g/mol. The van der Waals surface area contributed by atoms with Gasteiger partial charge in [0, 0.05) is 30.9 Å². The Bertz CT molecular complexity index is 668. The third kappa shape index (κ3) is 3.66. The molecule has 4 nitrogen and oxygen atoms in total. The molecule has 0 aliphatic carbocycles. The van der Waals surface area contributed by atoms with Crippen LogP contribution in [0.15, 0.2) is 48.5 Å². The molecule has 5 heteroatoms. The van der Waals surface area contributed by atoms with E-state index in [1.165, 1.54) is 36.1 Å². The van der Waals surface area contributed by atoms with Crippen molar-refractivity contribution in [3.63, 3.8) is 0 Å². The lowest BCUT2D eigenvalue weighted by Crippen LogP contribution is -2.23. The number of hydrogen-bond donors (Lipinski definition) is 1. The summed E-state index contributed by atoms with van der Waals surface area (Å²) in [5.74, 6) is -0.828. The molecule has 0 aromatic heterocycles. The summed E-state index contributed by atoms with van der Waals surface area (Å²) < 4.78 is 12.8. The van der Waals surface area contributed by atoms with Crippen molar-refractivity contribution in [2.24, 2.45) is 0 Å². The molecule has 0 spiro atoms. The van der Waals surface area contributed by atoms with Gasteiger partial charge in [-0.3, -0.25) is 9.59 Å². The maximum Gasteiger partial charge on any atom is 0.255 e. The first kappa shape index (κ1) is 14.7. The van der Waals surface area contributed by atoms with Crippen molar-refractivity contribution in [1.29, 1.82) is 0 Å². The van der Waals surface area contributed by atoms with Gasteiger partial charge in [-0.05, 0) is 42.5 Å². The molecule has 0 saturated heterocycles. The molecule has 2 rings (SSSR count). The molecule has 108 valence electrons. The molecule has 0 bridgehead atoms. The molecule has 0 saturated carbocycles. The fraction of sp³-hybridized carbons (Fsp3) is 0.125. The molecular formula is C16H15FN2O2. The van der Waals surface area contributed by atoms with Crippen LogP contribution in [0.1, 0.15) is 17.3 Å². The number of benzene rings is 2. The third-order valence-electron chi connectivity index (χ3n) is 3.07. The number of hydrogen-bond acceptors (Lipinski definition) is 2. The van der Waals surface area contributed by atoms with Gasteiger partial charge in [-0.1, -0.05) is 6.07 Å². The standard InChI is InChI=1S/C16H15FN2O2/c1-11(20)19(2)15-5-3-4-14(10-15)18-16(21)12-6-8-13(17)9-7-12/h3-10H,1-2H3,(H,18,21). The predicted molar refractivity (Wildman–Crippen MR) is 79.9 cm³/mol. The van der Waals surface area contributed by atoms with Gasteiger partial charge in [-0.15, -0.1) is 0 Å². The highest BCUT2D eigenvalue weighted by molar-refractivity contribution is 6.04. The summed E-state index contributed by atoms with van der Waals surface area (Å²) in [6.07, 6.45) is 0. The van der Waals surface area contributed by atoms with E-state index in [4.69, 9.17) is 0 Å². The average Bonchev–Trinajstić information content (AvgIpc) is 2.47. The Hall–Kier alpha value is -2.69. The SMILES string of the molecule is CC(=O)N(C)c1cccc(NC(=O)c2ccc(F)cc2)c1. The number of anilines is 2. The van der Waals surface area contributed by atoms with Crippen molar-refractivity contribution in [3.05, 3.63) is 59.9 Å². The summed E-state index contributed by atoms with van der Waals surface area (Å²) in [5.41, 5.74) is 1.61. The molecule has 0 unspecified atom stereocenters. The molecule has 2 aromatic carbocycles. The second kappa shape index (κ2) is 6.17. The van der Waals surface area contributed by atoms with E-state index in [0.29, 0.717) is 16.9 Å². The van der Waals surface area contributed by atoms with E-state index in [1.54, 1.807) is 31.3 Å². The van der Waals surface area contributed by atoms with Crippen LogP contribution in [0.4, 0.5) is 15.8 Å². The first-order valence-electron chi connectivity index (χ1n) is 6.38. The van der Waals surface area contributed by atoms with Crippen LogP contribution in [-0.2, 0) is 4.79 Å². The van der Waals surface area contributed by atoms with Gasteiger partial charge in [0.15, 0.2) is 0 Å². The Balaban J connectivity index is 2.16. The highest BCUT2D eigenvalue weighted by Crippen LogP contribution is 2.19. The molecule has 0 fully saturated rings. The van der Waals surface area contributed by atoms with Crippen molar-refractivity contribution in [3.8, 4) is 0 Å². The highest BCUT2D eigenvalue weighted by Gasteiger charge is 2.09. The summed E-state index contributed by atoms with van der Waals surface area (Å²) in [6.45, 7) is 1.46. The highest BCUT2D eigenvalue weighted by atomic mass is 19.1. The normalized spacial score (nSPS) is 10.0.